The van der Waals surface area contributed by atoms with Gasteiger partial charge in [0.1, 0.15) is 9.84 Å². The third kappa shape index (κ3) is 4.80. The summed E-state index contributed by atoms with van der Waals surface area (Å²) >= 11 is 0. The topological polar surface area (TPSA) is 63.6 Å². The van der Waals surface area contributed by atoms with Gasteiger partial charge in [0, 0.05) is 19.0 Å². The molecule has 0 aromatic carbocycles. The van der Waals surface area contributed by atoms with Crippen LogP contribution >= 0.6 is 0 Å². The third-order valence-corrected chi connectivity index (χ3v) is 5.00. The van der Waals surface area contributed by atoms with Crippen LogP contribution < -0.4 is 0 Å². The minimum Gasteiger partial charge on any atom is -0.393 e. The van der Waals surface area contributed by atoms with Crippen LogP contribution in [-0.4, -0.2) is 44.3 Å². The maximum absolute atomic E-state index is 11.3. The van der Waals surface area contributed by atoms with Crippen molar-refractivity contribution in [3.8, 4) is 0 Å². The highest BCUT2D eigenvalue weighted by Crippen LogP contribution is 2.21. The summed E-state index contributed by atoms with van der Waals surface area (Å²) in [5.74, 6) is 0.683. The molecule has 1 atom stereocenters. The van der Waals surface area contributed by atoms with Gasteiger partial charge in [-0.1, -0.05) is 6.92 Å². The van der Waals surface area contributed by atoms with Crippen molar-refractivity contribution in [2.24, 2.45) is 5.92 Å². The van der Waals surface area contributed by atoms with Gasteiger partial charge in [0.15, 0.2) is 0 Å². The van der Waals surface area contributed by atoms with E-state index in [1.165, 1.54) is 0 Å². The maximum atomic E-state index is 11.3. The minimum absolute atomic E-state index is 0.195. The first kappa shape index (κ1) is 13.9. The predicted molar refractivity (Wildman–Crippen MR) is 63.1 cm³/mol. The molecule has 0 spiro atoms. The fourth-order valence-electron chi connectivity index (χ4n) is 1.99. The second kappa shape index (κ2) is 6.57. The van der Waals surface area contributed by atoms with Gasteiger partial charge in [0.2, 0.25) is 0 Å². The zero-order valence-electron chi connectivity index (χ0n) is 9.89. The number of ether oxygens (including phenoxy) is 1. The monoisotopic (exact) mass is 250 g/mol. The highest BCUT2D eigenvalue weighted by atomic mass is 32.2. The van der Waals surface area contributed by atoms with Gasteiger partial charge < -0.3 is 9.84 Å². The van der Waals surface area contributed by atoms with E-state index >= 15 is 0 Å². The molecule has 0 radical (unpaired) electrons. The van der Waals surface area contributed by atoms with Crippen molar-refractivity contribution in [2.45, 2.75) is 38.7 Å². The Hall–Kier alpha value is -0.130. The van der Waals surface area contributed by atoms with Gasteiger partial charge in [-0.2, -0.15) is 0 Å². The molecule has 1 heterocycles. The Morgan fingerprint density at radius 2 is 2.00 bits per heavy atom. The lowest BCUT2D eigenvalue weighted by Gasteiger charge is -2.26. The van der Waals surface area contributed by atoms with E-state index in [2.05, 4.69) is 0 Å². The first-order valence-corrected chi connectivity index (χ1v) is 7.83. The Bertz CT molecular complexity index is 280. The van der Waals surface area contributed by atoms with Gasteiger partial charge >= 0.3 is 0 Å². The van der Waals surface area contributed by atoms with E-state index in [0.717, 1.165) is 26.1 Å². The Morgan fingerprint density at radius 3 is 2.56 bits per heavy atom. The number of hydrogen-bond acceptors (Lipinski definition) is 4. The summed E-state index contributed by atoms with van der Waals surface area (Å²) in [7, 11) is -2.88. The van der Waals surface area contributed by atoms with Crippen LogP contribution in [0.15, 0.2) is 0 Å². The van der Waals surface area contributed by atoms with Gasteiger partial charge in [-0.3, -0.25) is 0 Å². The second-order valence-electron chi connectivity index (χ2n) is 4.40. The van der Waals surface area contributed by atoms with E-state index in [1.54, 1.807) is 6.92 Å². The highest BCUT2D eigenvalue weighted by molar-refractivity contribution is 7.91. The van der Waals surface area contributed by atoms with Gasteiger partial charge in [-0.25, -0.2) is 8.42 Å². The van der Waals surface area contributed by atoms with Crippen LogP contribution in [0.4, 0.5) is 0 Å². The molecule has 0 aliphatic carbocycles. The summed E-state index contributed by atoms with van der Waals surface area (Å²) in [5.41, 5.74) is 0. The normalized spacial score (nSPS) is 20.9. The lowest BCUT2D eigenvalue weighted by molar-refractivity contribution is 0.00486. The molecule has 16 heavy (non-hydrogen) atoms. The van der Waals surface area contributed by atoms with Crippen molar-refractivity contribution < 1.29 is 18.3 Å². The molecular formula is C11H22O4S. The number of hydrogen-bond donors (Lipinski definition) is 1. The fraction of sp³-hybridized carbons (Fsp3) is 1.00. The van der Waals surface area contributed by atoms with E-state index in [0.29, 0.717) is 12.8 Å². The maximum Gasteiger partial charge on any atom is 0.150 e. The zero-order valence-corrected chi connectivity index (χ0v) is 10.7. The molecule has 1 aliphatic rings. The quantitative estimate of drug-likeness (QED) is 0.763. The first-order chi connectivity index (χ1) is 7.55. The molecule has 1 aliphatic heterocycles. The van der Waals surface area contributed by atoms with Gasteiger partial charge in [0.05, 0.1) is 11.9 Å². The largest absolute Gasteiger partial charge is 0.393 e. The molecule has 0 amide bonds. The molecule has 1 unspecified atom stereocenters. The van der Waals surface area contributed by atoms with Gasteiger partial charge in [0.25, 0.3) is 0 Å². The van der Waals surface area contributed by atoms with E-state index in [-0.39, 0.29) is 23.5 Å². The SMILES string of the molecule is CCS(=O)(=O)CCCC(O)C1CCOCC1. The first-order valence-electron chi connectivity index (χ1n) is 6.01. The smallest absolute Gasteiger partial charge is 0.150 e. The lowest BCUT2D eigenvalue weighted by Crippen LogP contribution is -2.27. The van der Waals surface area contributed by atoms with Crippen LogP contribution in [0.25, 0.3) is 0 Å². The Balaban J connectivity index is 2.21. The molecule has 0 aromatic heterocycles. The number of sulfone groups is 1. The highest BCUT2D eigenvalue weighted by Gasteiger charge is 2.22. The van der Waals surface area contributed by atoms with Crippen molar-refractivity contribution in [3.05, 3.63) is 0 Å². The van der Waals surface area contributed by atoms with Crippen molar-refractivity contribution in [3.63, 3.8) is 0 Å². The summed E-state index contributed by atoms with van der Waals surface area (Å²) in [4.78, 5) is 0. The second-order valence-corrected chi connectivity index (χ2v) is 6.87. The van der Waals surface area contributed by atoms with E-state index in [4.69, 9.17) is 4.74 Å². The van der Waals surface area contributed by atoms with E-state index < -0.39 is 9.84 Å². The molecule has 0 bridgehead atoms. The molecule has 1 saturated heterocycles. The van der Waals surface area contributed by atoms with Crippen LogP contribution in [0.2, 0.25) is 0 Å². The number of aliphatic hydroxyl groups is 1. The molecule has 0 aromatic rings. The molecule has 4 nitrogen and oxygen atoms in total. The molecule has 1 N–H and O–H groups in total. The van der Waals surface area contributed by atoms with Gasteiger partial charge in [-0.05, 0) is 31.6 Å². The predicted octanol–water partition coefficient (Wildman–Crippen LogP) is 0.989. The summed E-state index contributed by atoms with van der Waals surface area (Å²) < 4.78 is 27.7. The average molecular weight is 250 g/mol. The Kier molecular flexibility index (Phi) is 5.72. The number of rotatable bonds is 6. The molecular weight excluding hydrogens is 228 g/mol. The van der Waals surface area contributed by atoms with Crippen molar-refractivity contribution in [1.29, 1.82) is 0 Å². The average Bonchev–Trinajstić information content (AvgIpc) is 2.30. The molecule has 96 valence electrons. The molecule has 1 rings (SSSR count). The third-order valence-electron chi connectivity index (χ3n) is 3.21. The standard InChI is InChI=1S/C11H22O4S/c1-2-16(13,14)9-3-4-11(12)10-5-7-15-8-6-10/h10-12H,2-9H2,1H3. The van der Waals surface area contributed by atoms with Crippen molar-refractivity contribution in [1.82, 2.24) is 0 Å². The number of aliphatic hydroxyl groups excluding tert-OH is 1. The Labute approximate surface area is 97.9 Å². The van der Waals surface area contributed by atoms with Crippen LogP contribution in [0.1, 0.15) is 32.6 Å². The van der Waals surface area contributed by atoms with Crippen LogP contribution in [0.5, 0.6) is 0 Å². The summed E-state index contributed by atoms with van der Waals surface area (Å²) in [6, 6.07) is 0. The molecule has 0 saturated carbocycles. The van der Waals surface area contributed by atoms with Crippen molar-refractivity contribution in [2.75, 3.05) is 24.7 Å². The van der Waals surface area contributed by atoms with Crippen molar-refractivity contribution >= 4 is 9.84 Å². The van der Waals surface area contributed by atoms with Crippen LogP contribution in [0.3, 0.4) is 0 Å². The van der Waals surface area contributed by atoms with E-state index in [1.807, 2.05) is 0 Å². The lowest BCUT2D eigenvalue weighted by atomic mass is 9.91. The van der Waals surface area contributed by atoms with Gasteiger partial charge in [-0.15, -0.1) is 0 Å². The summed E-state index contributed by atoms with van der Waals surface area (Å²) in [6.45, 7) is 3.09. The molecule has 1 fully saturated rings. The van der Waals surface area contributed by atoms with E-state index in [9.17, 15) is 13.5 Å². The summed E-state index contributed by atoms with van der Waals surface area (Å²) in [5, 5.41) is 9.89. The Morgan fingerprint density at radius 1 is 1.38 bits per heavy atom. The summed E-state index contributed by atoms with van der Waals surface area (Å²) in [6.07, 6.45) is 2.57. The fourth-order valence-corrected chi connectivity index (χ4v) is 2.89. The zero-order chi connectivity index (χ0) is 12.0. The van der Waals surface area contributed by atoms with Crippen LogP contribution in [-0.2, 0) is 14.6 Å². The molecule has 5 heteroatoms. The van der Waals surface area contributed by atoms with Crippen LogP contribution in [0, 0.1) is 5.92 Å². The minimum atomic E-state index is -2.88.